The Morgan fingerprint density at radius 2 is 2.32 bits per heavy atom. The van der Waals surface area contributed by atoms with E-state index in [2.05, 4.69) is 15.6 Å². The molecule has 3 N–H and O–H groups in total. The lowest BCUT2D eigenvalue weighted by atomic mass is 10.3. The molecule has 0 bridgehead atoms. The Kier molecular flexibility index (Phi) is 8.77. The van der Waals surface area contributed by atoms with E-state index in [-0.39, 0.29) is 19.0 Å². The van der Waals surface area contributed by atoms with Crippen LogP contribution in [0.1, 0.15) is 5.69 Å². The molecule has 8 nitrogen and oxygen atoms in total. The normalized spacial score (nSPS) is 11.1. The third-order valence-electron chi connectivity index (χ3n) is 2.53. The van der Waals surface area contributed by atoms with Crippen LogP contribution in [0.25, 0.3) is 0 Å². The number of methoxy groups -OCH3 is 1. The third-order valence-corrected chi connectivity index (χ3v) is 3.50. The van der Waals surface area contributed by atoms with E-state index in [1.54, 1.807) is 25.1 Å². The number of pyridine rings is 1. The van der Waals surface area contributed by atoms with Crippen LogP contribution in [0.3, 0.4) is 0 Å². The van der Waals surface area contributed by atoms with E-state index in [0.717, 1.165) is 23.4 Å². The number of hydrogen-bond donors (Lipinski definition) is 3. The Morgan fingerprint density at radius 1 is 1.55 bits per heavy atom. The first kappa shape index (κ1) is 18.1. The zero-order valence-corrected chi connectivity index (χ0v) is 13.1. The van der Waals surface area contributed by atoms with Crippen molar-refractivity contribution in [2.45, 2.75) is 5.75 Å². The number of aliphatic hydroxyl groups is 1. The monoisotopic (exact) mass is 328 g/mol. The number of thioether (sulfide) groups is 1. The topological polar surface area (TPSA) is 110 Å². The van der Waals surface area contributed by atoms with Gasteiger partial charge in [-0.15, -0.1) is 0 Å². The van der Waals surface area contributed by atoms with Gasteiger partial charge in [-0.1, -0.05) is 0 Å². The summed E-state index contributed by atoms with van der Waals surface area (Å²) in [5, 5.41) is 24.9. The second-order valence-electron chi connectivity index (χ2n) is 4.11. The molecule has 0 fully saturated rings. The van der Waals surface area contributed by atoms with Gasteiger partial charge in [-0.25, -0.2) is 0 Å². The standard InChI is InChI=1S/C13H20N4O4S/c1-21-12-3-2-4-14-11(12)10-22-8-6-16-13(9-17(19)20)15-5-7-18/h2-4,9,15-16,18H,5-8,10H2,1H3. The highest BCUT2D eigenvalue weighted by Crippen LogP contribution is 2.19. The Balaban J connectivity index is 2.32. The van der Waals surface area contributed by atoms with E-state index in [9.17, 15) is 10.1 Å². The molecule has 0 aliphatic carbocycles. The molecule has 0 spiro atoms. The lowest BCUT2D eigenvalue weighted by Crippen LogP contribution is -2.30. The van der Waals surface area contributed by atoms with Crippen molar-refractivity contribution in [2.24, 2.45) is 0 Å². The molecule has 0 unspecified atom stereocenters. The van der Waals surface area contributed by atoms with Gasteiger partial charge in [0.15, 0.2) is 5.82 Å². The van der Waals surface area contributed by atoms with Gasteiger partial charge in [0.05, 0.1) is 24.3 Å². The molecule has 0 aliphatic rings. The largest absolute Gasteiger partial charge is 0.495 e. The van der Waals surface area contributed by atoms with E-state index in [4.69, 9.17) is 9.84 Å². The minimum Gasteiger partial charge on any atom is -0.495 e. The SMILES string of the molecule is COc1cccnc1CSCCNC(=C[N+](=O)[O-])NCCO. The number of nitrogens with zero attached hydrogens (tertiary/aromatic N) is 2. The quantitative estimate of drug-likeness (QED) is 0.307. The van der Waals surface area contributed by atoms with E-state index < -0.39 is 4.92 Å². The van der Waals surface area contributed by atoms with Gasteiger partial charge < -0.3 is 20.5 Å². The molecule has 22 heavy (non-hydrogen) atoms. The predicted octanol–water partition coefficient (Wildman–Crippen LogP) is 0.571. The summed E-state index contributed by atoms with van der Waals surface area (Å²) in [4.78, 5) is 14.2. The fourth-order valence-electron chi connectivity index (χ4n) is 1.59. The molecule has 9 heteroatoms. The average molecular weight is 328 g/mol. The number of nitrogens with one attached hydrogen (secondary N) is 2. The number of aromatic nitrogens is 1. The minimum absolute atomic E-state index is 0.0923. The summed E-state index contributed by atoms with van der Waals surface area (Å²) in [6, 6.07) is 3.67. The minimum atomic E-state index is -0.543. The van der Waals surface area contributed by atoms with E-state index in [1.165, 1.54) is 0 Å². The second-order valence-corrected chi connectivity index (χ2v) is 5.22. The molecule has 122 valence electrons. The second kappa shape index (κ2) is 10.7. The number of ether oxygens (including phenoxy) is 1. The number of hydrogen-bond acceptors (Lipinski definition) is 8. The van der Waals surface area contributed by atoms with E-state index >= 15 is 0 Å². The van der Waals surface area contributed by atoms with Gasteiger partial charge in [0.1, 0.15) is 5.75 Å². The van der Waals surface area contributed by atoms with Crippen molar-refractivity contribution in [3.8, 4) is 5.75 Å². The highest BCUT2D eigenvalue weighted by Gasteiger charge is 2.04. The molecule has 0 amide bonds. The van der Waals surface area contributed by atoms with Crippen LogP contribution in [0.2, 0.25) is 0 Å². The number of aliphatic hydroxyl groups excluding tert-OH is 1. The average Bonchev–Trinajstić information content (AvgIpc) is 2.51. The van der Waals surface area contributed by atoms with Gasteiger partial charge in [0.25, 0.3) is 6.20 Å². The van der Waals surface area contributed by atoms with E-state index in [1.807, 2.05) is 12.1 Å². The molecule has 0 saturated carbocycles. The Morgan fingerprint density at radius 3 is 3.00 bits per heavy atom. The van der Waals surface area contributed by atoms with Crippen LogP contribution in [0, 0.1) is 10.1 Å². The van der Waals surface area contributed by atoms with Crippen molar-refractivity contribution in [3.63, 3.8) is 0 Å². The van der Waals surface area contributed by atoms with Crippen molar-refractivity contribution >= 4 is 11.8 Å². The maximum Gasteiger partial charge on any atom is 0.274 e. The summed E-state index contributed by atoms with van der Waals surface area (Å²) in [6.45, 7) is 0.716. The van der Waals surface area contributed by atoms with Crippen molar-refractivity contribution < 1.29 is 14.8 Å². The van der Waals surface area contributed by atoms with Crippen molar-refractivity contribution in [3.05, 3.63) is 46.2 Å². The van der Waals surface area contributed by atoms with Crippen LogP contribution < -0.4 is 15.4 Å². The van der Waals surface area contributed by atoms with Crippen LogP contribution >= 0.6 is 11.8 Å². The van der Waals surface area contributed by atoms with E-state index in [0.29, 0.717) is 12.3 Å². The Hall–Kier alpha value is -2.00. The fourth-order valence-corrected chi connectivity index (χ4v) is 2.39. The summed E-state index contributed by atoms with van der Waals surface area (Å²) in [7, 11) is 1.61. The smallest absolute Gasteiger partial charge is 0.274 e. The Bertz CT molecular complexity index is 499. The first-order valence-electron chi connectivity index (χ1n) is 6.67. The Labute approximate surface area is 133 Å². The molecule has 1 aromatic heterocycles. The maximum atomic E-state index is 10.5. The fraction of sp³-hybridized carbons (Fsp3) is 0.462. The van der Waals surface area contributed by atoms with Gasteiger partial charge in [0, 0.05) is 30.8 Å². The van der Waals surface area contributed by atoms with Crippen molar-refractivity contribution in [2.75, 3.05) is 32.6 Å². The van der Waals surface area contributed by atoms with Crippen LogP contribution in [-0.2, 0) is 5.75 Å². The van der Waals surface area contributed by atoms with Gasteiger partial charge in [-0.2, -0.15) is 11.8 Å². The first-order chi connectivity index (χ1) is 10.7. The lowest BCUT2D eigenvalue weighted by Gasteiger charge is -2.10. The highest BCUT2D eigenvalue weighted by atomic mass is 32.2. The lowest BCUT2D eigenvalue weighted by molar-refractivity contribution is -0.404. The zero-order valence-electron chi connectivity index (χ0n) is 12.3. The summed E-state index contributed by atoms with van der Waals surface area (Å²) in [6.07, 6.45) is 2.56. The molecule has 0 radical (unpaired) electrons. The molecular formula is C13H20N4O4S. The van der Waals surface area contributed by atoms with Crippen molar-refractivity contribution in [1.82, 2.24) is 15.6 Å². The summed E-state index contributed by atoms with van der Waals surface area (Å²) in [5.74, 6) is 2.48. The molecular weight excluding hydrogens is 308 g/mol. The first-order valence-corrected chi connectivity index (χ1v) is 7.82. The molecule has 1 heterocycles. The van der Waals surface area contributed by atoms with Crippen molar-refractivity contribution in [1.29, 1.82) is 0 Å². The summed E-state index contributed by atoms with van der Waals surface area (Å²) >= 11 is 1.64. The molecule has 0 aliphatic heterocycles. The molecule has 1 aromatic rings. The van der Waals surface area contributed by atoms with Gasteiger partial charge in [0.2, 0.25) is 0 Å². The zero-order chi connectivity index (χ0) is 16.2. The number of rotatable bonds is 11. The van der Waals surface area contributed by atoms with Crippen LogP contribution in [-0.4, -0.2) is 47.6 Å². The molecule has 0 aromatic carbocycles. The van der Waals surface area contributed by atoms with Crippen LogP contribution in [0.5, 0.6) is 5.75 Å². The van der Waals surface area contributed by atoms with Crippen LogP contribution in [0.4, 0.5) is 0 Å². The molecule has 1 rings (SSSR count). The maximum absolute atomic E-state index is 10.5. The summed E-state index contributed by atoms with van der Waals surface area (Å²) in [5.41, 5.74) is 0.870. The van der Waals surface area contributed by atoms with Gasteiger partial charge in [-0.3, -0.25) is 15.1 Å². The number of nitro groups is 1. The van der Waals surface area contributed by atoms with Gasteiger partial charge in [-0.05, 0) is 12.1 Å². The molecule has 0 atom stereocenters. The molecule has 0 saturated heterocycles. The third kappa shape index (κ3) is 7.14. The van der Waals surface area contributed by atoms with Gasteiger partial charge >= 0.3 is 0 Å². The van der Waals surface area contributed by atoms with Crippen LogP contribution in [0.15, 0.2) is 30.4 Å². The highest BCUT2D eigenvalue weighted by molar-refractivity contribution is 7.98. The summed E-state index contributed by atoms with van der Waals surface area (Å²) < 4.78 is 5.22. The predicted molar refractivity (Wildman–Crippen MR) is 85.1 cm³/mol.